The Hall–Kier alpha value is -3.62. The van der Waals surface area contributed by atoms with E-state index in [1.165, 1.54) is 18.2 Å². The van der Waals surface area contributed by atoms with Crippen LogP contribution in [0.1, 0.15) is 39.8 Å². The highest BCUT2D eigenvalue weighted by molar-refractivity contribution is 6.30. The van der Waals surface area contributed by atoms with Crippen LogP contribution < -0.4 is 0 Å². The number of benzene rings is 1. The van der Waals surface area contributed by atoms with Gasteiger partial charge < -0.3 is 9.72 Å². The molecule has 1 aliphatic heterocycles. The van der Waals surface area contributed by atoms with Crippen LogP contribution in [0.15, 0.2) is 34.5 Å². The highest BCUT2D eigenvalue weighted by Gasteiger charge is 2.32. The van der Waals surface area contributed by atoms with Gasteiger partial charge in [0, 0.05) is 17.3 Å². The number of esters is 1. The summed E-state index contributed by atoms with van der Waals surface area (Å²) in [5, 5.41) is 18.9. The molecule has 0 saturated heterocycles. The quantitative estimate of drug-likeness (QED) is 0.490. The maximum absolute atomic E-state index is 12.4. The molecule has 1 aliphatic rings. The first-order valence-electron chi connectivity index (χ1n) is 8.17. The number of nitro benzene ring substituents is 1. The number of amides is 1. The van der Waals surface area contributed by atoms with E-state index in [0.29, 0.717) is 16.8 Å². The van der Waals surface area contributed by atoms with Gasteiger partial charge in [0.05, 0.1) is 22.7 Å². The van der Waals surface area contributed by atoms with Gasteiger partial charge in [0.25, 0.3) is 11.6 Å². The molecule has 0 fully saturated rings. The van der Waals surface area contributed by atoms with Crippen LogP contribution >= 0.6 is 0 Å². The number of carbonyl (C=O) groups excluding carboxylic acids is 2. The molecule has 1 aromatic heterocycles. The van der Waals surface area contributed by atoms with E-state index in [2.05, 4.69) is 15.2 Å². The van der Waals surface area contributed by atoms with Crippen molar-refractivity contribution >= 4 is 28.8 Å². The maximum Gasteiger partial charge on any atom is 0.355 e. The molecule has 1 amide bonds. The minimum absolute atomic E-state index is 0.0305. The van der Waals surface area contributed by atoms with E-state index in [0.717, 1.165) is 0 Å². The number of nitrogens with one attached hydrogen (secondary N) is 1. The van der Waals surface area contributed by atoms with Crippen molar-refractivity contribution in [3.8, 4) is 0 Å². The summed E-state index contributed by atoms with van der Waals surface area (Å²) in [7, 11) is 0. The first-order valence-corrected chi connectivity index (χ1v) is 8.17. The molecule has 1 aromatic carbocycles. The molecule has 0 radical (unpaired) electrons. The number of carbonyl (C=O) groups is 2. The summed E-state index contributed by atoms with van der Waals surface area (Å²) in [6.07, 6.45) is 0. The molecular weight excluding hydrogens is 352 g/mol. The molecule has 0 atom stereocenters. The van der Waals surface area contributed by atoms with Gasteiger partial charge in [-0.25, -0.2) is 4.79 Å². The number of hydrogen-bond acceptors (Lipinski definition) is 6. The second-order valence-corrected chi connectivity index (χ2v) is 5.85. The number of nitrogens with zero attached hydrogens (tertiary/aromatic N) is 3. The van der Waals surface area contributed by atoms with Crippen LogP contribution in [0.3, 0.4) is 0 Å². The number of hydrogen-bond donors (Lipinski definition) is 1. The van der Waals surface area contributed by atoms with E-state index in [4.69, 9.17) is 4.74 Å². The largest absolute Gasteiger partial charge is 0.461 e. The standard InChI is InChI=1S/C18H16N4O5/c1-4-27-18(24)15-9(2)13(10(3)19-15)16-14(17(23)21-20-16)11-7-5-6-8-12(11)22(25)26/h5-8,19H,4H2,1-3H3. The van der Waals surface area contributed by atoms with E-state index in [1.54, 1.807) is 26.8 Å². The number of para-hydroxylation sites is 1. The average Bonchev–Trinajstić information content (AvgIpc) is 3.14. The average molecular weight is 368 g/mol. The molecule has 0 saturated carbocycles. The number of H-pyrrole nitrogens is 1. The summed E-state index contributed by atoms with van der Waals surface area (Å²) in [6.45, 7) is 5.32. The van der Waals surface area contributed by atoms with Gasteiger partial charge in [-0.3, -0.25) is 14.9 Å². The van der Waals surface area contributed by atoms with Gasteiger partial charge in [0.15, 0.2) is 0 Å². The number of aryl methyl sites for hydroxylation is 1. The Morgan fingerprint density at radius 1 is 1.26 bits per heavy atom. The number of aromatic nitrogens is 1. The molecule has 27 heavy (non-hydrogen) atoms. The second kappa shape index (κ2) is 6.94. The number of rotatable bonds is 5. The highest BCUT2D eigenvalue weighted by Crippen LogP contribution is 2.40. The van der Waals surface area contributed by atoms with Crippen LogP contribution in [0.25, 0.3) is 11.3 Å². The Morgan fingerprint density at radius 2 is 1.96 bits per heavy atom. The van der Waals surface area contributed by atoms with Crippen LogP contribution in [-0.2, 0) is 9.53 Å². The number of nitro groups is 1. The fraction of sp³-hybridized carbons (Fsp3) is 0.222. The summed E-state index contributed by atoms with van der Waals surface area (Å²) in [5.74, 6) is -1.20. The summed E-state index contributed by atoms with van der Waals surface area (Å²) in [5.41, 5.74) is 1.99. The van der Waals surface area contributed by atoms with Crippen molar-refractivity contribution in [1.82, 2.24) is 4.98 Å². The van der Waals surface area contributed by atoms with Crippen LogP contribution in [0.4, 0.5) is 5.69 Å². The lowest BCUT2D eigenvalue weighted by atomic mass is 9.96. The SMILES string of the molecule is CCOC(=O)c1[nH]c(C)c(C2=C(c3ccccc3[N+](=O)[O-])C(=O)N=N2)c1C. The van der Waals surface area contributed by atoms with Gasteiger partial charge >= 0.3 is 5.97 Å². The molecule has 0 unspecified atom stereocenters. The lowest BCUT2D eigenvalue weighted by Gasteiger charge is -2.06. The molecule has 2 heterocycles. The monoisotopic (exact) mass is 368 g/mol. The Labute approximate surface area is 153 Å². The third-order valence-corrected chi connectivity index (χ3v) is 4.22. The summed E-state index contributed by atoms with van der Waals surface area (Å²) >= 11 is 0. The molecule has 1 N–H and O–H groups in total. The Balaban J connectivity index is 2.24. The molecule has 3 rings (SSSR count). The molecule has 0 bridgehead atoms. The minimum Gasteiger partial charge on any atom is -0.461 e. The second-order valence-electron chi connectivity index (χ2n) is 5.85. The van der Waals surface area contributed by atoms with Crippen LogP contribution in [0.5, 0.6) is 0 Å². The van der Waals surface area contributed by atoms with Crippen LogP contribution in [-0.4, -0.2) is 28.4 Å². The lowest BCUT2D eigenvalue weighted by Crippen LogP contribution is -2.06. The van der Waals surface area contributed by atoms with Crippen LogP contribution in [0.2, 0.25) is 0 Å². The normalized spacial score (nSPS) is 13.4. The van der Waals surface area contributed by atoms with Gasteiger partial charge in [-0.2, -0.15) is 0 Å². The van der Waals surface area contributed by atoms with Gasteiger partial charge in [0.2, 0.25) is 0 Å². The number of ether oxygens (including phenoxy) is 1. The van der Waals surface area contributed by atoms with Gasteiger partial charge in [-0.05, 0) is 32.4 Å². The predicted octanol–water partition coefficient (Wildman–Crippen LogP) is 3.58. The first kappa shape index (κ1) is 18.2. The Kier molecular flexibility index (Phi) is 4.68. The molecule has 2 aromatic rings. The van der Waals surface area contributed by atoms with Crippen molar-refractivity contribution in [2.24, 2.45) is 10.2 Å². The zero-order chi connectivity index (χ0) is 19.7. The molecule has 9 heteroatoms. The van der Waals surface area contributed by atoms with Crippen LogP contribution in [0, 0.1) is 24.0 Å². The summed E-state index contributed by atoms with van der Waals surface area (Å²) in [6, 6.07) is 5.90. The Morgan fingerprint density at radius 3 is 2.63 bits per heavy atom. The predicted molar refractivity (Wildman–Crippen MR) is 96.0 cm³/mol. The van der Waals surface area contributed by atoms with Crippen molar-refractivity contribution in [2.75, 3.05) is 6.61 Å². The minimum atomic E-state index is -0.669. The molecule has 0 spiro atoms. The Bertz CT molecular complexity index is 1030. The van der Waals surface area contributed by atoms with E-state index < -0.39 is 16.8 Å². The van der Waals surface area contributed by atoms with Gasteiger partial charge in [-0.1, -0.05) is 12.1 Å². The fourth-order valence-corrected chi connectivity index (χ4v) is 3.07. The molecule has 138 valence electrons. The highest BCUT2D eigenvalue weighted by atomic mass is 16.6. The number of azo groups is 1. The molecule has 0 aliphatic carbocycles. The molecular formula is C18H16N4O5. The van der Waals surface area contributed by atoms with E-state index in [-0.39, 0.29) is 34.8 Å². The van der Waals surface area contributed by atoms with Gasteiger partial charge in [0.1, 0.15) is 11.4 Å². The fourth-order valence-electron chi connectivity index (χ4n) is 3.07. The molecule has 9 nitrogen and oxygen atoms in total. The van der Waals surface area contributed by atoms with Crippen molar-refractivity contribution in [3.63, 3.8) is 0 Å². The maximum atomic E-state index is 12.4. The van der Waals surface area contributed by atoms with Crippen molar-refractivity contribution in [2.45, 2.75) is 20.8 Å². The zero-order valence-electron chi connectivity index (χ0n) is 14.9. The van der Waals surface area contributed by atoms with E-state index >= 15 is 0 Å². The zero-order valence-corrected chi connectivity index (χ0v) is 14.9. The van der Waals surface area contributed by atoms with Crippen molar-refractivity contribution in [3.05, 3.63) is 62.5 Å². The smallest absolute Gasteiger partial charge is 0.355 e. The first-order chi connectivity index (χ1) is 12.9. The van der Waals surface area contributed by atoms with Crippen molar-refractivity contribution < 1.29 is 19.2 Å². The van der Waals surface area contributed by atoms with Crippen molar-refractivity contribution in [1.29, 1.82) is 0 Å². The van der Waals surface area contributed by atoms with Gasteiger partial charge in [-0.15, -0.1) is 10.2 Å². The summed E-state index contributed by atoms with van der Waals surface area (Å²) in [4.78, 5) is 38.2. The lowest BCUT2D eigenvalue weighted by molar-refractivity contribution is -0.385. The van der Waals surface area contributed by atoms with E-state index in [1.807, 2.05) is 0 Å². The summed E-state index contributed by atoms with van der Waals surface area (Å²) < 4.78 is 5.03. The third-order valence-electron chi connectivity index (χ3n) is 4.22. The van der Waals surface area contributed by atoms with E-state index in [9.17, 15) is 19.7 Å². The topological polar surface area (TPSA) is 127 Å². The number of aromatic amines is 1. The third kappa shape index (κ3) is 3.03.